The number of nitrogens with two attached hydrogens (primary N) is 1. The molecule has 112 valence electrons. The third-order valence-electron chi connectivity index (χ3n) is 2.94. The summed E-state index contributed by atoms with van der Waals surface area (Å²) in [5.74, 6) is -0.307. The maximum Gasteiger partial charge on any atom is 0.573 e. The molecule has 0 fully saturated rings. The Morgan fingerprint density at radius 1 is 1.14 bits per heavy atom. The van der Waals surface area contributed by atoms with Crippen molar-refractivity contribution in [3.8, 4) is 5.75 Å². The van der Waals surface area contributed by atoms with Gasteiger partial charge in [-0.2, -0.15) is 0 Å². The standard InChI is InChI=1S/C15H13ClF3NO/c1-9-5-6-12(13(16)7-9)14(20)10-3-2-4-11(8-10)21-15(17,18)19/h2-8,14H,20H2,1H3. The van der Waals surface area contributed by atoms with Crippen molar-refractivity contribution in [2.45, 2.75) is 19.3 Å². The summed E-state index contributed by atoms with van der Waals surface area (Å²) in [6.07, 6.45) is -4.73. The molecule has 0 radical (unpaired) electrons. The molecule has 0 aliphatic carbocycles. The lowest BCUT2D eigenvalue weighted by molar-refractivity contribution is -0.274. The molecule has 2 nitrogen and oxygen atoms in total. The summed E-state index contributed by atoms with van der Waals surface area (Å²) in [6, 6.07) is 10.3. The van der Waals surface area contributed by atoms with Gasteiger partial charge < -0.3 is 10.5 Å². The maximum absolute atomic E-state index is 12.2. The molecule has 0 saturated heterocycles. The van der Waals surface area contributed by atoms with Gasteiger partial charge in [0, 0.05) is 5.02 Å². The first kappa shape index (κ1) is 15.7. The molecule has 2 N–H and O–H groups in total. The normalized spacial score (nSPS) is 13.0. The summed E-state index contributed by atoms with van der Waals surface area (Å²) in [7, 11) is 0. The molecule has 2 rings (SSSR count). The van der Waals surface area contributed by atoms with Gasteiger partial charge in [-0.05, 0) is 41.8 Å². The van der Waals surface area contributed by atoms with Crippen LogP contribution >= 0.6 is 11.6 Å². The Morgan fingerprint density at radius 2 is 1.86 bits per heavy atom. The van der Waals surface area contributed by atoms with E-state index in [2.05, 4.69) is 4.74 Å². The number of hydrogen-bond acceptors (Lipinski definition) is 2. The Balaban J connectivity index is 2.31. The van der Waals surface area contributed by atoms with Crippen LogP contribution in [0.2, 0.25) is 5.02 Å². The molecule has 0 saturated carbocycles. The van der Waals surface area contributed by atoms with Crippen molar-refractivity contribution >= 4 is 11.6 Å². The highest BCUT2D eigenvalue weighted by atomic mass is 35.5. The molecule has 21 heavy (non-hydrogen) atoms. The molecule has 0 heterocycles. The van der Waals surface area contributed by atoms with Gasteiger partial charge in [0.15, 0.2) is 0 Å². The lowest BCUT2D eigenvalue weighted by atomic mass is 9.98. The molecule has 0 bridgehead atoms. The number of alkyl halides is 3. The van der Waals surface area contributed by atoms with Gasteiger partial charge in [0.2, 0.25) is 0 Å². The first-order valence-electron chi connectivity index (χ1n) is 6.13. The molecule has 0 spiro atoms. The Kier molecular flexibility index (Phi) is 4.44. The minimum absolute atomic E-state index is 0.307. The van der Waals surface area contributed by atoms with Crippen LogP contribution < -0.4 is 10.5 Å². The highest BCUT2D eigenvalue weighted by molar-refractivity contribution is 6.31. The predicted molar refractivity (Wildman–Crippen MR) is 75.3 cm³/mol. The molecule has 0 aliphatic heterocycles. The first-order valence-corrected chi connectivity index (χ1v) is 6.51. The fraction of sp³-hybridized carbons (Fsp3) is 0.200. The van der Waals surface area contributed by atoms with Crippen LogP contribution in [0.4, 0.5) is 13.2 Å². The SMILES string of the molecule is Cc1ccc(C(N)c2cccc(OC(F)(F)F)c2)c(Cl)c1. The number of halogens is 4. The minimum atomic E-state index is -4.73. The summed E-state index contributed by atoms with van der Waals surface area (Å²) < 4.78 is 40.6. The van der Waals surface area contributed by atoms with Crippen LogP contribution in [0.3, 0.4) is 0 Å². The third kappa shape index (κ3) is 4.12. The predicted octanol–water partition coefficient (Wildman–Crippen LogP) is 4.60. The second kappa shape index (κ2) is 5.95. The van der Waals surface area contributed by atoms with Gasteiger partial charge in [-0.3, -0.25) is 0 Å². The van der Waals surface area contributed by atoms with Crippen molar-refractivity contribution in [3.05, 3.63) is 64.2 Å². The minimum Gasteiger partial charge on any atom is -0.406 e. The van der Waals surface area contributed by atoms with Crippen molar-refractivity contribution in [1.29, 1.82) is 0 Å². The van der Waals surface area contributed by atoms with Crippen molar-refractivity contribution < 1.29 is 17.9 Å². The number of hydrogen-bond donors (Lipinski definition) is 1. The molecule has 0 amide bonds. The van der Waals surface area contributed by atoms with Crippen molar-refractivity contribution in [2.75, 3.05) is 0 Å². The summed E-state index contributed by atoms with van der Waals surface area (Å²) in [5, 5.41) is 0.477. The van der Waals surface area contributed by atoms with Crippen LogP contribution in [0.1, 0.15) is 22.7 Å². The van der Waals surface area contributed by atoms with Gasteiger partial charge in [-0.1, -0.05) is 35.9 Å². The fourth-order valence-corrected chi connectivity index (χ4v) is 2.32. The second-order valence-corrected chi connectivity index (χ2v) is 5.03. The van der Waals surface area contributed by atoms with Crippen molar-refractivity contribution in [2.24, 2.45) is 5.73 Å². The van der Waals surface area contributed by atoms with Gasteiger partial charge >= 0.3 is 6.36 Å². The van der Waals surface area contributed by atoms with Gasteiger partial charge in [-0.15, -0.1) is 13.2 Å². The van der Waals surface area contributed by atoms with Crippen LogP contribution in [0.5, 0.6) is 5.75 Å². The zero-order valence-electron chi connectivity index (χ0n) is 11.1. The van der Waals surface area contributed by atoms with E-state index in [4.69, 9.17) is 17.3 Å². The molecular weight excluding hydrogens is 303 g/mol. The molecule has 2 aromatic rings. The van der Waals surface area contributed by atoms with Crippen LogP contribution in [0.25, 0.3) is 0 Å². The molecule has 0 aliphatic rings. The summed E-state index contributed by atoms with van der Waals surface area (Å²) >= 11 is 6.13. The molecule has 0 aromatic heterocycles. The lowest BCUT2D eigenvalue weighted by Crippen LogP contribution is -2.18. The molecule has 6 heteroatoms. The quantitative estimate of drug-likeness (QED) is 0.898. The van der Waals surface area contributed by atoms with E-state index in [-0.39, 0.29) is 5.75 Å². The molecule has 1 unspecified atom stereocenters. The Hall–Kier alpha value is -1.72. The Labute approximate surface area is 125 Å². The van der Waals surface area contributed by atoms with Crippen molar-refractivity contribution in [1.82, 2.24) is 0 Å². The first-order chi connectivity index (χ1) is 9.76. The number of rotatable bonds is 3. The van der Waals surface area contributed by atoms with E-state index in [1.54, 1.807) is 18.2 Å². The number of benzene rings is 2. The highest BCUT2D eigenvalue weighted by Gasteiger charge is 2.31. The van der Waals surface area contributed by atoms with Crippen LogP contribution in [0.15, 0.2) is 42.5 Å². The highest BCUT2D eigenvalue weighted by Crippen LogP contribution is 2.30. The zero-order valence-corrected chi connectivity index (χ0v) is 11.9. The third-order valence-corrected chi connectivity index (χ3v) is 3.27. The van der Waals surface area contributed by atoms with Gasteiger partial charge in [0.25, 0.3) is 0 Å². The Bertz CT molecular complexity index is 643. The summed E-state index contributed by atoms with van der Waals surface area (Å²) in [4.78, 5) is 0. The van der Waals surface area contributed by atoms with Crippen molar-refractivity contribution in [3.63, 3.8) is 0 Å². The molecule has 2 aromatic carbocycles. The van der Waals surface area contributed by atoms with Crippen LogP contribution in [0, 0.1) is 6.92 Å². The number of ether oxygens (including phenoxy) is 1. The average Bonchev–Trinajstić information content (AvgIpc) is 2.36. The molecular formula is C15H13ClF3NO. The second-order valence-electron chi connectivity index (χ2n) is 4.62. The van der Waals surface area contributed by atoms with E-state index in [0.717, 1.165) is 5.56 Å². The van der Waals surface area contributed by atoms with Crippen LogP contribution in [-0.2, 0) is 0 Å². The maximum atomic E-state index is 12.2. The monoisotopic (exact) mass is 315 g/mol. The van der Waals surface area contributed by atoms with E-state index < -0.39 is 12.4 Å². The van der Waals surface area contributed by atoms with E-state index >= 15 is 0 Å². The fourth-order valence-electron chi connectivity index (χ4n) is 1.97. The average molecular weight is 316 g/mol. The summed E-state index contributed by atoms with van der Waals surface area (Å²) in [5.41, 5.74) is 8.19. The van der Waals surface area contributed by atoms with E-state index in [9.17, 15) is 13.2 Å². The van der Waals surface area contributed by atoms with Gasteiger partial charge in [0.05, 0.1) is 6.04 Å². The van der Waals surface area contributed by atoms with Gasteiger partial charge in [0.1, 0.15) is 5.75 Å². The smallest absolute Gasteiger partial charge is 0.406 e. The largest absolute Gasteiger partial charge is 0.573 e. The summed E-state index contributed by atoms with van der Waals surface area (Å²) in [6.45, 7) is 1.89. The number of aryl methyl sites for hydroxylation is 1. The lowest BCUT2D eigenvalue weighted by Gasteiger charge is -2.16. The van der Waals surface area contributed by atoms with E-state index in [0.29, 0.717) is 16.1 Å². The topological polar surface area (TPSA) is 35.2 Å². The Morgan fingerprint density at radius 3 is 2.48 bits per heavy atom. The van der Waals surface area contributed by atoms with E-state index in [1.807, 2.05) is 13.0 Å². The van der Waals surface area contributed by atoms with E-state index in [1.165, 1.54) is 18.2 Å². The van der Waals surface area contributed by atoms with Gasteiger partial charge in [-0.25, -0.2) is 0 Å². The zero-order chi connectivity index (χ0) is 15.6. The molecule has 1 atom stereocenters. The van der Waals surface area contributed by atoms with Crippen LogP contribution in [-0.4, -0.2) is 6.36 Å².